The Balaban J connectivity index is 2.20. The molecule has 3 heteroatoms. The molecular formula is C18H31N3. The smallest absolute Gasteiger partial charge is 0.0601 e. The molecule has 118 valence electrons. The van der Waals surface area contributed by atoms with Gasteiger partial charge in [-0.05, 0) is 31.0 Å². The Bertz CT molecular complexity index is 426. The molecule has 0 saturated heterocycles. The van der Waals surface area contributed by atoms with E-state index in [1.807, 2.05) is 18.2 Å². The van der Waals surface area contributed by atoms with Crippen LogP contribution < -0.4 is 16.4 Å². The van der Waals surface area contributed by atoms with Gasteiger partial charge < -0.3 is 16.4 Å². The molecule has 0 spiro atoms. The zero-order chi connectivity index (χ0) is 15.5. The third kappa shape index (κ3) is 7.07. The summed E-state index contributed by atoms with van der Waals surface area (Å²) in [6, 6.07) is 5.68. The van der Waals surface area contributed by atoms with Gasteiger partial charge in [0.05, 0.1) is 11.4 Å². The van der Waals surface area contributed by atoms with E-state index in [9.17, 15) is 0 Å². The van der Waals surface area contributed by atoms with Crippen LogP contribution in [0.15, 0.2) is 30.4 Å². The van der Waals surface area contributed by atoms with Crippen LogP contribution in [0, 0.1) is 0 Å². The predicted octanol–water partition coefficient (Wildman–Crippen LogP) is 4.59. The first-order chi connectivity index (χ1) is 10.1. The molecule has 0 saturated carbocycles. The zero-order valence-corrected chi connectivity index (χ0v) is 13.6. The van der Waals surface area contributed by atoms with Crippen molar-refractivity contribution >= 4 is 17.1 Å². The number of likely N-dealkylation sites (N-methyl/N-ethyl adjacent to an activating group) is 1. The molecule has 0 aliphatic heterocycles. The van der Waals surface area contributed by atoms with Crippen LogP contribution >= 0.6 is 0 Å². The molecule has 0 heterocycles. The first-order valence-electron chi connectivity index (χ1n) is 8.16. The number of nitrogens with zero attached hydrogens (tertiary/aromatic N) is 1. The lowest BCUT2D eigenvalue weighted by Crippen LogP contribution is -2.18. The largest absolute Gasteiger partial charge is 0.399 e. The van der Waals surface area contributed by atoms with Crippen molar-refractivity contribution < 1.29 is 0 Å². The molecule has 0 bridgehead atoms. The second kappa shape index (κ2) is 10.1. The van der Waals surface area contributed by atoms with Crippen LogP contribution in [0.25, 0.3) is 0 Å². The maximum Gasteiger partial charge on any atom is 0.0601 e. The normalized spacial score (nSPS) is 11.1. The van der Waals surface area contributed by atoms with Crippen LogP contribution in [0.2, 0.25) is 0 Å². The van der Waals surface area contributed by atoms with E-state index in [1.54, 1.807) is 0 Å². The highest BCUT2D eigenvalue weighted by atomic mass is 15.1. The summed E-state index contributed by atoms with van der Waals surface area (Å²) in [5, 5.41) is 0. The Labute approximate surface area is 130 Å². The predicted molar refractivity (Wildman–Crippen MR) is 95.7 cm³/mol. The molecular weight excluding hydrogens is 258 g/mol. The standard InChI is InChI=1S/C18H31N3/c1-3-4-5-6-7-8-9-10-11-14-21(2)18-13-12-16(19)15-17(18)20/h10-13,15H,3-9,14,19-20H2,1-2H3/b11-10+. The van der Waals surface area contributed by atoms with Gasteiger partial charge in [0.1, 0.15) is 0 Å². The Hall–Kier alpha value is -1.64. The molecule has 4 N–H and O–H groups in total. The van der Waals surface area contributed by atoms with E-state index < -0.39 is 0 Å². The van der Waals surface area contributed by atoms with Gasteiger partial charge in [-0.1, -0.05) is 51.2 Å². The van der Waals surface area contributed by atoms with E-state index in [1.165, 1.54) is 44.9 Å². The molecule has 0 radical (unpaired) electrons. The molecule has 1 rings (SSSR count). The highest BCUT2D eigenvalue weighted by Crippen LogP contribution is 2.24. The van der Waals surface area contributed by atoms with Gasteiger partial charge in [-0.15, -0.1) is 0 Å². The molecule has 3 nitrogen and oxygen atoms in total. The van der Waals surface area contributed by atoms with Crippen molar-refractivity contribution in [2.75, 3.05) is 30.0 Å². The van der Waals surface area contributed by atoms with Crippen LogP contribution in [-0.4, -0.2) is 13.6 Å². The fourth-order valence-corrected chi connectivity index (χ4v) is 2.41. The fraction of sp³-hybridized carbons (Fsp3) is 0.556. The van der Waals surface area contributed by atoms with E-state index in [0.29, 0.717) is 5.69 Å². The second-order valence-corrected chi connectivity index (χ2v) is 5.73. The maximum atomic E-state index is 5.99. The summed E-state index contributed by atoms with van der Waals surface area (Å²) >= 11 is 0. The van der Waals surface area contributed by atoms with Gasteiger partial charge in [0.25, 0.3) is 0 Å². The van der Waals surface area contributed by atoms with E-state index in [2.05, 4.69) is 31.0 Å². The third-order valence-corrected chi connectivity index (χ3v) is 3.73. The van der Waals surface area contributed by atoms with Crippen LogP contribution in [0.3, 0.4) is 0 Å². The molecule has 21 heavy (non-hydrogen) atoms. The van der Waals surface area contributed by atoms with Crippen LogP contribution in [0.5, 0.6) is 0 Å². The Morgan fingerprint density at radius 1 is 1.00 bits per heavy atom. The van der Waals surface area contributed by atoms with Gasteiger partial charge >= 0.3 is 0 Å². The summed E-state index contributed by atoms with van der Waals surface area (Å²) in [6.45, 7) is 3.14. The van der Waals surface area contributed by atoms with Gasteiger partial charge in [0.2, 0.25) is 0 Å². The molecule has 0 fully saturated rings. The summed E-state index contributed by atoms with van der Waals surface area (Å²) < 4.78 is 0. The van der Waals surface area contributed by atoms with Gasteiger partial charge in [-0.25, -0.2) is 0 Å². The minimum atomic E-state index is 0.711. The van der Waals surface area contributed by atoms with Gasteiger partial charge in [0.15, 0.2) is 0 Å². The van der Waals surface area contributed by atoms with Crippen molar-refractivity contribution in [3.8, 4) is 0 Å². The van der Waals surface area contributed by atoms with Crippen molar-refractivity contribution in [1.82, 2.24) is 0 Å². The van der Waals surface area contributed by atoms with Gasteiger partial charge in [-0.2, -0.15) is 0 Å². The first-order valence-corrected chi connectivity index (χ1v) is 8.16. The number of nitrogen functional groups attached to an aromatic ring is 2. The third-order valence-electron chi connectivity index (χ3n) is 3.73. The lowest BCUT2D eigenvalue weighted by atomic mass is 10.1. The minimum Gasteiger partial charge on any atom is -0.399 e. The van der Waals surface area contributed by atoms with E-state index in [-0.39, 0.29) is 0 Å². The van der Waals surface area contributed by atoms with Crippen LogP contribution in [-0.2, 0) is 0 Å². The first kappa shape index (κ1) is 17.4. The van der Waals surface area contributed by atoms with Gasteiger partial charge in [0, 0.05) is 19.3 Å². The molecule has 0 aromatic heterocycles. The van der Waals surface area contributed by atoms with Crippen molar-refractivity contribution in [3.05, 3.63) is 30.4 Å². The number of unbranched alkanes of at least 4 members (excludes halogenated alkanes) is 6. The SMILES string of the molecule is CCCCCCCC/C=C/CN(C)c1ccc(N)cc1N. The molecule has 0 atom stereocenters. The molecule has 0 amide bonds. The number of rotatable bonds is 10. The Kier molecular flexibility index (Phi) is 8.41. The number of anilines is 3. The fourth-order valence-electron chi connectivity index (χ4n) is 2.41. The number of hydrogen-bond acceptors (Lipinski definition) is 3. The number of hydrogen-bond donors (Lipinski definition) is 2. The quantitative estimate of drug-likeness (QED) is 0.376. The average Bonchev–Trinajstić information content (AvgIpc) is 2.45. The molecule has 1 aromatic carbocycles. The van der Waals surface area contributed by atoms with Gasteiger partial charge in [-0.3, -0.25) is 0 Å². The topological polar surface area (TPSA) is 55.3 Å². The Morgan fingerprint density at radius 3 is 2.43 bits per heavy atom. The number of allylic oxidation sites excluding steroid dienone is 1. The van der Waals surface area contributed by atoms with Crippen molar-refractivity contribution in [3.63, 3.8) is 0 Å². The average molecular weight is 289 g/mol. The van der Waals surface area contributed by atoms with E-state index in [0.717, 1.165) is 17.9 Å². The summed E-state index contributed by atoms with van der Waals surface area (Å²) in [5.41, 5.74) is 14.2. The summed E-state index contributed by atoms with van der Waals surface area (Å²) in [4.78, 5) is 2.15. The zero-order valence-electron chi connectivity index (χ0n) is 13.6. The molecule has 0 aliphatic carbocycles. The number of nitrogens with two attached hydrogens (primary N) is 2. The van der Waals surface area contributed by atoms with Crippen LogP contribution in [0.1, 0.15) is 51.9 Å². The minimum absolute atomic E-state index is 0.711. The molecule has 1 aromatic rings. The summed E-state index contributed by atoms with van der Waals surface area (Å²) in [6.07, 6.45) is 13.8. The van der Waals surface area contributed by atoms with E-state index in [4.69, 9.17) is 11.5 Å². The molecule has 0 aliphatic rings. The lowest BCUT2D eigenvalue weighted by molar-refractivity contribution is 0.611. The summed E-state index contributed by atoms with van der Waals surface area (Å²) in [7, 11) is 2.05. The summed E-state index contributed by atoms with van der Waals surface area (Å²) in [5.74, 6) is 0. The monoisotopic (exact) mass is 289 g/mol. The van der Waals surface area contributed by atoms with Crippen molar-refractivity contribution in [2.24, 2.45) is 0 Å². The lowest BCUT2D eigenvalue weighted by Gasteiger charge is -2.19. The van der Waals surface area contributed by atoms with Crippen molar-refractivity contribution in [1.29, 1.82) is 0 Å². The highest BCUT2D eigenvalue weighted by Gasteiger charge is 2.03. The van der Waals surface area contributed by atoms with E-state index >= 15 is 0 Å². The van der Waals surface area contributed by atoms with Crippen molar-refractivity contribution in [2.45, 2.75) is 51.9 Å². The van der Waals surface area contributed by atoms with Crippen LogP contribution in [0.4, 0.5) is 17.1 Å². The second-order valence-electron chi connectivity index (χ2n) is 5.73. The molecule has 0 unspecified atom stereocenters. The maximum absolute atomic E-state index is 5.99. The Morgan fingerprint density at radius 2 is 1.71 bits per heavy atom. The highest BCUT2D eigenvalue weighted by molar-refractivity contribution is 5.71. The number of benzene rings is 1.